The van der Waals surface area contributed by atoms with Gasteiger partial charge in [-0.3, -0.25) is 4.90 Å². The maximum absolute atomic E-state index is 9.06. The van der Waals surface area contributed by atoms with E-state index in [-0.39, 0.29) is 13.2 Å². The standard InChI is InChI=1S/C16H35N3O2/c1-17(2)7-3-4-8-18-9-5-16(6-10-18)15-19(11-13-20)12-14-21/h16,20-21H,3-15H2,1-2H3. The number of unbranched alkanes of at least 4 members (excludes halogenated alkanes) is 1. The van der Waals surface area contributed by atoms with Crippen LogP contribution in [0.2, 0.25) is 0 Å². The summed E-state index contributed by atoms with van der Waals surface area (Å²) < 4.78 is 0. The van der Waals surface area contributed by atoms with Crippen LogP contribution in [0, 0.1) is 5.92 Å². The minimum atomic E-state index is 0.185. The zero-order valence-corrected chi connectivity index (χ0v) is 14.0. The summed E-state index contributed by atoms with van der Waals surface area (Å²) >= 11 is 0. The molecule has 0 bridgehead atoms. The lowest BCUT2D eigenvalue weighted by molar-refractivity contribution is 0.112. The highest BCUT2D eigenvalue weighted by Crippen LogP contribution is 2.18. The minimum absolute atomic E-state index is 0.185. The first-order valence-electron chi connectivity index (χ1n) is 8.47. The van der Waals surface area contributed by atoms with Crippen molar-refractivity contribution in [1.82, 2.24) is 14.7 Å². The molecule has 5 heteroatoms. The highest BCUT2D eigenvalue weighted by atomic mass is 16.3. The van der Waals surface area contributed by atoms with E-state index in [0.29, 0.717) is 13.1 Å². The average molecular weight is 301 g/mol. The van der Waals surface area contributed by atoms with Crippen molar-refractivity contribution in [3.63, 3.8) is 0 Å². The van der Waals surface area contributed by atoms with Crippen LogP contribution in [0.5, 0.6) is 0 Å². The lowest BCUT2D eigenvalue weighted by atomic mass is 9.96. The zero-order chi connectivity index (χ0) is 15.5. The Labute approximate surface area is 130 Å². The first-order valence-corrected chi connectivity index (χ1v) is 8.47. The number of hydrogen-bond acceptors (Lipinski definition) is 5. The molecule has 0 aromatic rings. The van der Waals surface area contributed by atoms with E-state index in [9.17, 15) is 0 Å². The molecule has 2 N–H and O–H groups in total. The normalized spacial score (nSPS) is 18.0. The van der Waals surface area contributed by atoms with Crippen LogP contribution in [-0.4, -0.2) is 98.0 Å². The molecule has 0 aromatic heterocycles. The molecule has 0 saturated carbocycles. The maximum Gasteiger partial charge on any atom is 0.0558 e. The van der Waals surface area contributed by atoms with E-state index in [4.69, 9.17) is 10.2 Å². The van der Waals surface area contributed by atoms with Gasteiger partial charge < -0.3 is 20.0 Å². The minimum Gasteiger partial charge on any atom is -0.395 e. The number of aliphatic hydroxyl groups is 2. The third kappa shape index (κ3) is 8.73. The average Bonchev–Trinajstić information content (AvgIpc) is 2.45. The van der Waals surface area contributed by atoms with Crippen LogP contribution >= 0.6 is 0 Å². The molecule has 0 amide bonds. The van der Waals surface area contributed by atoms with Crippen LogP contribution in [0.4, 0.5) is 0 Å². The zero-order valence-electron chi connectivity index (χ0n) is 14.0. The van der Waals surface area contributed by atoms with Crippen LogP contribution in [0.15, 0.2) is 0 Å². The molecule has 0 aliphatic carbocycles. The van der Waals surface area contributed by atoms with Gasteiger partial charge in [-0.1, -0.05) is 0 Å². The van der Waals surface area contributed by atoms with Crippen LogP contribution < -0.4 is 0 Å². The molecule has 0 aromatic carbocycles. The maximum atomic E-state index is 9.06. The number of nitrogens with zero attached hydrogens (tertiary/aromatic N) is 3. The molecule has 0 atom stereocenters. The van der Waals surface area contributed by atoms with Gasteiger partial charge in [0, 0.05) is 19.6 Å². The largest absolute Gasteiger partial charge is 0.395 e. The van der Waals surface area contributed by atoms with Crippen molar-refractivity contribution in [3.8, 4) is 0 Å². The number of likely N-dealkylation sites (tertiary alicyclic amines) is 1. The Morgan fingerprint density at radius 2 is 1.57 bits per heavy atom. The van der Waals surface area contributed by atoms with Gasteiger partial charge in [0.05, 0.1) is 13.2 Å². The Morgan fingerprint density at radius 1 is 0.952 bits per heavy atom. The summed E-state index contributed by atoms with van der Waals surface area (Å²) in [6.45, 7) is 7.60. The summed E-state index contributed by atoms with van der Waals surface area (Å²) in [5.41, 5.74) is 0. The molecule has 0 spiro atoms. The molecule has 1 saturated heterocycles. The molecule has 0 unspecified atom stereocenters. The van der Waals surface area contributed by atoms with Crippen LogP contribution in [0.1, 0.15) is 25.7 Å². The predicted molar refractivity (Wildman–Crippen MR) is 87.6 cm³/mol. The molecule has 1 heterocycles. The van der Waals surface area contributed by atoms with Crippen molar-refractivity contribution >= 4 is 0 Å². The highest BCUT2D eigenvalue weighted by molar-refractivity contribution is 4.75. The summed E-state index contributed by atoms with van der Waals surface area (Å²) in [5, 5.41) is 18.1. The Bertz CT molecular complexity index is 238. The van der Waals surface area contributed by atoms with Gasteiger partial charge in [0.25, 0.3) is 0 Å². The van der Waals surface area contributed by atoms with E-state index in [1.54, 1.807) is 0 Å². The van der Waals surface area contributed by atoms with E-state index >= 15 is 0 Å². The number of aliphatic hydroxyl groups excluding tert-OH is 2. The molecule has 5 nitrogen and oxygen atoms in total. The number of rotatable bonds is 11. The Balaban J connectivity index is 2.13. The molecule has 126 valence electrons. The van der Waals surface area contributed by atoms with E-state index in [2.05, 4.69) is 28.8 Å². The first kappa shape index (κ1) is 18.8. The molecule has 1 fully saturated rings. The highest BCUT2D eigenvalue weighted by Gasteiger charge is 2.20. The molecular formula is C16H35N3O2. The fourth-order valence-corrected chi connectivity index (χ4v) is 3.10. The third-order valence-electron chi connectivity index (χ3n) is 4.39. The van der Waals surface area contributed by atoms with Gasteiger partial charge >= 0.3 is 0 Å². The quantitative estimate of drug-likeness (QED) is 0.539. The second kappa shape index (κ2) is 11.4. The second-order valence-electron chi connectivity index (χ2n) is 6.54. The van der Waals surface area contributed by atoms with Crippen LogP contribution in [0.25, 0.3) is 0 Å². The van der Waals surface area contributed by atoms with Crippen molar-refractivity contribution in [1.29, 1.82) is 0 Å². The van der Waals surface area contributed by atoms with Gasteiger partial charge in [0.2, 0.25) is 0 Å². The van der Waals surface area contributed by atoms with Gasteiger partial charge in [-0.25, -0.2) is 0 Å². The summed E-state index contributed by atoms with van der Waals surface area (Å²) in [7, 11) is 4.27. The number of piperidine rings is 1. The smallest absolute Gasteiger partial charge is 0.0558 e. The molecule has 1 aliphatic heterocycles. The molecule has 1 rings (SSSR count). The van der Waals surface area contributed by atoms with Gasteiger partial charge in [-0.15, -0.1) is 0 Å². The molecule has 1 aliphatic rings. The third-order valence-corrected chi connectivity index (χ3v) is 4.39. The predicted octanol–water partition coefficient (Wildman–Crippen LogP) is 0.327. The van der Waals surface area contributed by atoms with Gasteiger partial charge in [-0.05, 0) is 71.9 Å². The summed E-state index contributed by atoms with van der Waals surface area (Å²) in [5.74, 6) is 0.723. The van der Waals surface area contributed by atoms with Crippen LogP contribution in [0.3, 0.4) is 0 Å². The molecule has 0 radical (unpaired) electrons. The molecular weight excluding hydrogens is 266 g/mol. The van der Waals surface area contributed by atoms with Crippen molar-refractivity contribution in [3.05, 3.63) is 0 Å². The van der Waals surface area contributed by atoms with Crippen molar-refractivity contribution in [2.45, 2.75) is 25.7 Å². The topological polar surface area (TPSA) is 50.2 Å². The molecule has 21 heavy (non-hydrogen) atoms. The Morgan fingerprint density at radius 3 is 2.10 bits per heavy atom. The van der Waals surface area contributed by atoms with E-state index in [1.165, 1.54) is 51.9 Å². The monoisotopic (exact) mass is 301 g/mol. The summed E-state index contributed by atoms with van der Waals surface area (Å²) in [4.78, 5) is 7.04. The fourth-order valence-electron chi connectivity index (χ4n) is 3.10. The van der Waals surface area contributed by atoms with Crippen molar-refractivity contribution < 1.29 is 10.2 Å². The van der Waals surface area contributed by atoms with Gasteiger partial charge in [0.15, 0.2) is 0 Å². The van der Waals surface area contributed by atoms with E-state index < -0.39 is 0 Å². The first-order chi connectivity index (χ1) is 10.2. The lowest BCUT2D eigenvalue weighted by Crippen LogP contribution is -2.40. The summed E-state index contributed by atoms with van der Waals surface area (Å²) in [6.07, 6.45) is 5.08. The fraction of sp³-hybridized carbons (Fsp3) is 1.00. The van der Waals surface area contributed by atoms with Gasteiger partial charge in [0.1, 0.15) is 0 Å². The van der Waals surface area contributed by atoms with Crippen LogP contribution in [-0.2, 0) is 0 Å². The van der Waals surface area contributed by atoms with Crippen molar-refractivity contribution in [2.24, 2.45) is 5.92 Å². The Hall–Kier alpha value is -0.200. The van der Waals surface area contributed by atoms with E-state index in [0.717, 1.165) is 12.5 Å². The second-order valence-corrected chi connectivity index (χ2v) is 6.54. The lowest BCUT2D eigenvalue weighted by Gasteiger charge is -2.34. The van der Waals surface area contributed by atoms with Gasteiger partial charge in [-0.2, -0.15) is 0 Å². The summed E-state index contributed by atoms with van der Waals surface area (Å²) in [6, 6.07) is 0. The van der Waals surface area contributed by atoms with Crippen molar-refractivity contribution in [2.75, 3.05) is 73.1 Å². The SMILES string of the molecule is CN(C)CCCCN1CCC(CN(CCO)CCO)CC1. The number of hydrogen-bond donors (Lipinski definition) is 2. The Kier molecular flexibility index (Phi) is 10.2. The van der Waals surface area contributed by atoms with E-state index in [1.807, 2.05) is 0 Å².